The van der Waals surface area contributed by atoms with Gasteiger partial charge in [0, 0.05) is 31.5 Å². The topological polar surface area (TPSA) is 89.0 Å². The van der Waals surface area contributed by atoms with Gasteiger partial charge in [-0.2, -0.15) is 13.2 Å². The Bertz CT molecular complexity index is 807. The number of carbonyl (C=O) groups excluding carboxylic acids is 1. The molecule has 2 rings (SSSR count). The molecule has 0 unspecified atom stereocenters. The maximum atomic E-state index is 12.5. The van der Waals surface area contributed by atoms with Crippen LogP contribution < -0.4 is 4.74 Å². The number of methoxy groups -OCH3 is 1. The van der Waals surface area contributed by atoms with Crippen LogP contribution in [0.5, 0.6) is 11.6 Å². The number of amides is 1. The number of nitrogens with zero attached hydrogens (tertiary/aromatic N) is 2. The molecule has 150 valence electrons. The highest BCUT2D eigenvalue weighted by Crippen LogP contribution is 2.30. The summed E-state index contributed by atoms with van der Waals surface area (Å²) >= 11 is 0. The van der Waals surface area contributed by atoms with E-state index in [0.29, 0.717) is 6.20 Å². The van der Waals surface area contributed by atoms with Crippen molar-refractivity contribution >= 4 is 11.9 Å². The Morgan fingerprint density at radius 1 is 1.14 bits per heavy atom. The maximum Gasteiger partial charge on any atom is 0.417 e. The molecule has 28 heavy (non-hydrogen) atoms. The first-order valence-corrected chi connectivity index (χ1v) is 8.02. The monoisotopic (exact) mass is 398 g/mol. The lowest BCUT2D eigenvalue weighted by Gasteiger charge is -2.20. The van der Waals surface area contributed by atoms with Crippen LogP contribution >= 0.6 is 0 Å². The zero-order chi connectivity index (χ0) is 20.7. The zero-order valence-electron chi connectivity index (χ0n) is 14.8. The van der Waals surface area contributed by atoms with Gasteiger partial charge in [-0.1, -0.05) is 0 Å². The van der Waals surface area contributed by atoms with E-state index in [-0.39, 0.29) is 30.3 Å². The predicted octanol–water partition coefficient (Wildman–Crippen LogP) is 3.07. The number of ether oxygens (including phenoxy) is 2. The van der Waals surface area contributed by atoms with E-state index < -0.39 is 30.2 Å². The molecule has 1 aromatic carbocycles. The van der Waals surface area contributed by atoms with E-state index in [0.717, 1.165) is 17.0 Å². The highest BCUT2D eigenvalue weighted by molar-refractivity contribution is 5.96. The summed E-state index contributed by atoms with van der Waals surface area (Å²) in [5.74, 6) is -1.44. The number of hydrogen-bond donors (Lipinski definition) is 1. The molecule has 10 heteroatoms. The summed E-state index contributed by atoms with van der Waals surface area (Å²) < 4.78 is 47.8. The lowest BCUT2D eigenvalue weighted by atomic mass is 10.2. The van der Waals surface area contributed by atoms with Crippen molar-refractivity contribution in [2.45, 2.75) is 6.18 Å². The molecule has 0 spiro atoms. The smallest absolute Gasteiger partial charge is 0.417 e. The number of aromatic nitrogens is 1. The van der Waals surface area contributed by atoms with Gasteiger partial charge in [-0.15, -0.1) is 0 Å². The average Bonchev–Trinajstić information content (AvgIpc) is 2.64. The van der Waals surface area contributed by atoms with E-state index >= 15 is 0 Å². The van der Waals surface area contributed by atoms with Gasteiger partial charge in [0.15, 0.2) is 0 Å². The van der Waals surface area contributed by atoms with Gasteiger partial charge in [0.05, 0.1) is 12.2 Å². The van der Waals surface area contributed by atoms with Crippen LogP contribution in [0.3, 0.4) is 0 Å². The van der Waals surface area contributed by atoms with Crippen LogP contribution in [-0.4, -0.2) is 53.7 Å². The van der Waals surface area contributed by atoms with Gasteiger partial charge in [-0.05, 0) is 30.3 Å². The summed E-state index contributed by atoms with van der Waals surface area (Å²) in [6, 6.07) is 7.64. The SMILES string of the molecule is COCCN(CC(=O)O)C(=O)c1ccc(Oc2ccc(C(F)(F)F)cn2)cc1. The van der Waals surface area contributed by atoms with E-state index in [9.17, 15) is 22.8 Å². The molecule has 1 N–H and O–H groups in total. The molecule has 2 aromatic rings. The molecule has 0 fully saturated rings. The van der Waals surface area contributed by atoms with Gasteiger partial charge in [0.25, 0.3) is 5.91 Å². The van der Waals surface area contributed by atoms with Gasteiger partial charge < -0.3 is 19.5 Å². The Morgan fingerprint density at radius 2 is 1.82 bits per heavy atom. The molecule has 0 radical (unpaired) electrons. The van der Waals surface area contributed by atoms with E-state index in [1.165, 1.54) is 31.4 Å². The molecule has 1 amide bonds. The Balaban J connectivity index is 2.07. The Labute approximate surface area is 158 Å². The first kappa shape index (κ1) is 21.2. The first-order valence-electron chi connectivity index (χ1n) is 8.02. The van der Waals surface area contributed by atoms with Crippen molar-refractivity contribution in [3.05, 3.63) is 53.7 Å². The number of rotatable bonds is 8. The molecule has 0 aliphatic heterocycles. The second-order valence-electron chi connectivity index (χ2n) is 5.62. The number of carboxylic acids is 1. The highest BCUT2D eigenvalue weighted by atomic mass is 19.4. The fourth-order valence-electron chi connectivity index (χ4n) is 2.19. The zero-order valence-corrected chi connectivity index (χ0v) is 14.8. The molecular weight excluding hydrogens is 381 g/mol. The van der Waals surface area contributed by atoms with Gasteiger partial charge in [-0.3, -0.25) is 9.59 Å². The third kappa shape index (κ3) is 5.95. The van der Waals surface area contributed by atoms with Crippen LogP contribution in [0.1, 0.15) is 15.9 Å². The molecule has 0 atom stereocenters. The van der Waals surface area contributed by atoms with Crippen LogP contribution in [0, 0.1) is 0 Å². The number of hydrogen-bond acceptors (Lipinski definition) is 5. The quantitative estimate of drug-likeness (QED) is 0.735. The summed E-state index contributed by atoms with van der Waals surface area (Å²) in [7, 11) is 1.44. The molecule has 0 saturated heterocycles. The van der Waals surface area contributed by atoms with Gasteiger partial charge in [-0.25, -0.2) is 4.98 Å². The molecule has 1 aromatic heterocycles. The van der Waals surface area contributed by atoms with Crippen molar-refractivity contribution in [2.75, 3.05) is 26.8 Å². The number of carbonyl (C=O) groups is 2. The van der Waals surface area contributed by atoms with Crippen LogP contribution in [0.25, 0.3) is 0 Å². The standard InChI is InChI=1S/C18H17F3N2O5/c1-27-9-8-23(11-16(24)25)17(26)12-2-5-14(6-3-12)28-15-7-4-13(10-22-15)18(19,20)21/h2-7,10H,8-9,11H2,1H3,(H,24,25). The molecule has 1 heterocycles. The minimum absolute atomic E-state index is 0.0420. The number of pyridine rings is 1. The Morgan fingerprint density at radius 3 is 2.32 bits per heavy atom. The fourth-order valence-corrected chi connectivity index (χ4v) is 2.19. The predicted molar refractivity (Wildman–Crippen MR) is 91.2 cm³/mol. The van der Waals surface area contributed by atoms with Crippen molar-refractivity contribution in [1.82, 2.24) is 9.88 Å². The second kappa shape index (κ2) is 9.18. The molecular formula is C18H17F3N2O5. The highest BCUT2D eigenvalue weighted by Gasteiger charge is 2.30. The van der Waals surface area contributed by atoms with E-state index in [1.54, 1.807) is 0 Å². The van der Waals surface area contributed by atoms with Crippen LogP contribution in [-0.2, 0) is 15.7 Å². The van der Waals surface area contributed by atoms with Crippen molar-refractivity contribution < 1.29 is 37.3 Å². The number of alkyl halides is 3. The lowest BCUT2D eigenvalue weighted by molar-refractivity contribution is -0.138. The third-order valence-corrected chi connectivity index (χ3v) is 3.57. The van der Waals surface area contributed by atoms with E-state index in [2.05, 4.69) is 4.98 Å². The molecule has 7 nitrogen and oxygen atoms in total. The fraction of sp³-hybridized carbons (Fsp3) is 0.278. The second-order valence-corrected chi connectivity index (χ2v) is 5.62. The number of benzene rings is 1. The Hall–Kier alpha value is -3.14. The minimum atomic E-state index is -4.49. The lowest BCUT2D eigenvalue weighted by Crippen LogP contribution is -2.37. The average molecular weight is 398 g/mol. The Kier molecular flexibility index (Phi) is 6.94. The summed E-state index contributed by atoms with van der Waals surface area (Å²) in [6.07, 6.45) is -3.83. The van der Waals surface area contributed by atoms with Crippen molar-refractivity contribution in [3.8, 4) is 11.6 Å². The summed E-state index contributed by atoms with van der Waals surface area (Å²) in [5, 5.41) is 8.92. The number of halogens is 3. The van der Waals surface area contributed by atoms with Gasteiger partial charge >= 0.3 is 12.1 Å². The van der Waals surface area contributed by atoms with Gasteiger partial charge in [0.1, 0.15) is 12.3 Å². The number of carboxylic acid groups (broad SMARTS) is 1. The largest absolute Gasteiger partial charge is 0.480 e. The molecule has 0 bridgehead atoms. The third-order valence-electron chi connectivity index (χ3n) is 3.57. The normalized spacial score (nSPS) is 11.1. The van der Waals surface area contributed by atoms with Crippen molar-refractivity contribution in [3.63, 3.8) is 0 Å². The first-order chi connectivity index (χ1) is 13.2. The van der Waals surface area contributed by atoms with E-state index in [1.807, 2.05) is 0 Å². The van der Waals surface area contributed by atoms with Crippen LogP contribution in [0.4, 0.5) is 13.2 Å². The van der Waals surface area contributed by atoms with Crippen molar-refractivity contribution in [2.24, 2.45) is 0 Å². The van der Waals surface area contributed by atoms with Crippen molar-refractivity contribution in [1.29, 1.82) is 0 Å². The summed E-state index contributed by atoms with van der Waals surface area (Å²) in [5.41, 5.74) is -0.666. The summed E-state index contributed by atoms with van der Waals surface area (Å²) in [4.78, 5) is 28.1. The van der Waals surface area contributed by atoms with E-state index in [4.69, 9.17) is 14.6 Å². The van der Waals surface area contributed by atoms with Crippen LogP contribution in [0.2, 0.25) is 0 Å². The maximum absolute atomic E-state index is 12.5. The summed E-state index contributed by atoms with van der Waals surface area (Å²) in [6.45, 7) is -0.189. The number of aliphatic carboxylic acids is 1. The molecule has 0 saturated carbocycles. The molecule has 0 aliphatic carbocycles. The molecule has 0 aliphatic rings. The van der Waals surface area contributed by atoms with Crippen LogP contribution in [0.15, 0.2) is 42.6 Å². The van der Waals surface area contributed by atoms with Gasteiger partial charge in [0.2, 0.25) is 5.88 Å². The minimum Gasteiger partial charge on any atom is -0.480 e.